The Balaban J connectivity index is 2.22. The fourth-order valence-corrected chi connectivity index (χ4v) is 2.98. The number of aliphatic carboxylic acids is 1. The van der Waals surface area contributed by atoms with Crippen LogP contribution in [0.1, 0.15) is 69.3 Å². The average molecular weight is 311 g/mol. The number of pyridine rings is 1. The first-order valence-corrected chi connectivity index (χ1v) is 8.16. The predicted octanol–water partition coefficient (Wildman–Crippen LogP) is 5.07. The van der Waals surface area contributed by atoms with Crippen LogP contribution in [-0.2, 0) is 4.79 Å². The molecule has 2 atom stereocenters. The summed E-state index contributed by atoms with van der Waals surface area (Å²) in [5.41, 5.74) is 5.41. The first-order chi connectivity index (χ1) is 10.9. The Labute approximate surface area is 138 Å². The highest BCUT2D eigenvalue weighted by molar-refractivity contribution is 5.81. The Morgan fingerprint density at radius 2 is 1.91 bits per heavy atom. The summed E-state index contributed by atoms with van der Waals surface area (Å²) in [5.74, 6) is 0.188. The summed E-state index contributed by atoms with van der Waals surface area (Å²) in [6.45, 7) is 8.33. The van der Waals surface area contributed by atoms with Gasteiger partial charge in [0.1, 0.15) is 0 Å². The molecule has 2 unspecified atom stereocenters. The van der Waals surface area contributed by atoms with Crippen molar-refractivity contribution in [2.45, 2.75) is 52.4 Å². The second-order valence-electron chi connectivity index (χ2n) is 6.49. The van der Waals surface area contributed by atoms with Gasteiger partial charge in [-0.1, -0.05) is 38.1 Å². The second kappa shape index (κ2) is 7.40. The SMILES string of the molecule is CC(C=CC=C(C)c1ccc2c(n1)C(C)CCC2C)=CC(=O)O. The van der Waals surface area contributed by atoms with E-state index < -0.39 is 5.97 Å². The van der Waals surface area contributed by atoms with Crippen LogP contribution >= 0.6 is 0 Å². The maximum Gasteiger partial charge on any atom is 0.328 e. The Hall–Kier alpha value is -2.16. The number of carboxylic acid groups (broad SMARTS) is 1. The molecule has 1 heterocycles. The van der Waals surface area contributed by atoms with Crippen molar-refractivity contribution in [2.75, 3.05) is 0 Å². The number of rotatable bonds is 4. The maximum absolute atomic E-state index is 10.6. The smallest absolute Gasteiger partial charge is 0.328 e. The molecular formula is C20H25NO2. The minimum atomic E-state index is -0.924. The molecule has 3 nitrogen and oxygen atoms in total. The molecule has 0 amide bonds. The quantitative estimate of drug-likeness (QED) is 0.623. The summed E-state index contributed by atoms with van der Waals surface area (Å²) in [6, 6.07) is 4.31. The molecule has 2 rings (SSSR count). The molecule has 122 valence electrons. The van der Waals surface area contributed by atoms with Gasteiger partial charge in [0, 0.05) is 11.8 Å². The molecule has 0 aliphatic heterocycles. The summed E-state index contributed by atoms with van der Waals surface area (Å²) in [7, 11) is 0. The summed E-state index contributed by atoms with van der Waals surface area (Å²) in [5, 5.41) is 8.69. The minimum Gasteiger partial charge on any atom is -0.478 e. The zero-order valence-corrected chi connectivity index (χ0v) is 14.3. The number of carbonyl (C=O) groups is 1. The second-order valence-corrected chi connectivity index (χ2v) is 6.49. The van der Waals surface area contributed by atoms with Gasteiger partial charge in [0.05, 0.1) is 5.69 Å². The van der Waals surface area contributed by atoms with Crippen LogP contribution in [0.25, 0.3) is 5.57 Å². The van der Waals surface area contributed by atoms with Crippen molar-refractivity contribution in [3.05, 3.63) is 59.0 Å². The van der Waals surface area contributed by atoms with Gasteiger partial charge in [0.15, 0.2) is 0 Å². The van der Waals surface area contributed by atoms with Gasteiger partial charge in [-0.05, 0) is 61.3 Å². The molecule has 0 bridgehead atoms. The Morgan fingerprint density at radius 3 is 2.61 bits per heavy atom. The number of hydrogen-bond acceptors (Lipinski definition) is 2. The Bertz CT molecular complexity index is 683. The highest BCUT2D eigenvalue weighted by atomic mass is 16.4. The van der Waals surface area contributed by atoms with Gasteiger partial charge < -0.3 is 5.11 Å². The molecule has 0 aromatic carbocycles. The third kappa shape index (κ3) is 4.41. The van der Waals surface area contributed by atoms with Crippen LogP contribution in [0.4, 0.5) is 0 Å². The standard InChI is InChI=1S/C20H25NO2/c1-13(12-19(22)23)6-5-7-15(3)18-11-10-17-14(2)8-9-16(4)20(17)21-18/h5-7,10-12,14,16H,8-9H2,1-4H3,(H,22,23). The first-order valence-electron chi connectivity index (χ1n) is 8.16. The third-order valence-corrected chi connectivity index (χ3v) is 4.45. The predicted molar refractivity (Wildman–Crippen MR) is 94.5 cm³/mol. The lowest BCUT2D eigenvalue weighted by Gasteiger charge is -2.26. The van der Waals surface area contributed by atoms with E-state index in [1.165, 1.54) is 30.2 Å². The number of hydrogen-bond donors (Lipinski definition) is 1. The molecule has 1 aromatic rings. The third-order valence-electron chi connectivity index (χ3n) is 4.45. The van der Waals surface area contributed by atoms with Gasteiger partial charge in [-0.2, -0.15) is 0 Å². The fourth-order valence-electron chi connectivity index (χ4n) is 2.98. The van der Waals surface area contributed by atoms with Crippen molar-refractivity contribution in [1.82, 2.24) is 4.98 Å². The van der Waals surface area contributed by atoms with Crippen LogP contribution < -0.4 is 0 Å². The molecule has 1 aliphatic rings. The highest BCUT2D eigenvalue weighted by Gasteiger charge is 2.23. The number of allylic oxidation sites excluding steroid dienone is 5. The molecule has 1 N–H and O–H groups in total. The Morgan fingerprint density at radius 1 is 1.22 bits per heavy atom. The van der Waals surface area contributed by atoms with E-state index in [9.17, 15) is 4.79 Å². The van der Waals surface area contributed by atoms with Gasteiger partial charge in [-0.25, -0.2) is 4.79 Å². The molecular weight excluding hydrogens is 286 g/mol. The van der Waals surface area contributed by atoms with Crippen LogP contribution in [0, 0.1) is 0 Å². The molecule has 0 saturated carbocycles. The summed E-state index contributed by atoms with van der Waals surface area (Å²) < 4.78 is 0. The van der Waals surface area contributed by atoms with Crippen molar-refractivity contribution in [1.29, 1.82) is 0 Å². The van der Waals surface area contributed by atoms with Crippen molar-refractivity contribution >= 4 is 11.5 Å². The van der Waals surface area contributed by atoms with Crippen LogP contribution in [0.2, 0.25) is 0 Å². The van der Waals surface area contributed by atoms with E-state index in [-0.39, 0.29) is 0 Å². The zero-order valence-electron chi connectivity index (χ0n) is 14.3. The van der Waals surface area contributed by atoms with Crippen LogP contribution in [0.15, 0.2) is 42.0 Å². The van der Waals surface area contributed by atoms with E-state index in [0.29, 0.717) is 17.4 Å². The maximum atomic E-state index is 10.6. The fraction of sp³-hybridized carbons (Fsp3) is 0.400. The molecule has 1 aliphatic carbocycles. The minimum absolute atomic E-state index is 0.519. The molecule has 0 saturated heterocycles. The summed E-state index contributed by atoms with van der Waals surface area (Å²) in [6.07, 6.45) is 9.27. The largest absolute Gasteiger partial charge is 0.478 e. The van der Waals surface area contributed by atoms with E-state index in [4.69, 9.17) is 10.1 Å². The van der Waals surface area contributed by atoms with Crippen LogP contribution in [-0.4, -0.2) is 16.1 Å². The van der Waals surface area contributed by atoms with Gasteiger partial charge in [0.25, 0.3) is 0 Å². The van der Waals surface area contributed by atoms with E-state index in [0.717, 1.165) is 11.3 Å². The average Bonchev–Trinajstić information content (AvgIpc) is 2.50. The van der Waals surface area contributed by atoms with Crippen molar-refractivity contribution in [3.63, 3.8) is 0 Å². The summed E-state index contributed by atoms with van der Waals surface area (Å²) in [4.78, 5) is 15.5. The van der Waals surface area contributed by atoms with E-state index in [2.05, 4.69) is 26.0 Å². The van der Waals surface area contributed by atoms with Gasteiger partial charge in [-0.3, -0.25) is 4.98 Å². The first kappa shape index (κ1) is 17.2. The topological polar surface area (TPSA) is 50.2 Å². The van der Waals surface area contributed by atoms with E-state index >= 15 is 0 Å². The number of aromatic nitrogens is 1. The van der Waals surface area contributed by atoms with Gasteiger partial charge in [0.2, 0.25) is 0 Å². The zero-order chi connectivity index (χ0) is 17.0. The molecule has 0 fully saturated rings. The number of nitrogens with zero attached hydrogens (tertiary/aromatic N) is 1. The molecule has 0 spiro atoms. The summed E-state index contributed by atoms with van der Waals surface area (Å²) >= 11 is 0. The van der Waals surface area contributed by atoms with Crippen LogP contribution in [0.3, 0.4) is 0 Å². The van der Waals surface area contributed by atoms with E-state index in [1.54, 1.807) is 13.0 Å². The molecule has 3 heteroatoms. The lowest BCUT2D eigenvalue weighted by atomic mass is 9.81. The van der Waals surface area contributed by atoms with Crippen molar-refractivity contribution in [2.24, 2.45) is 0 Å². The monoisotopic (exact) mass is 311 g/mol. The van der Waals surface area contributed by atoms with Crippen molar-refractivity contribution < 1.29 is 9.90 Å². The Kier molecular flexibility index (Phi) is 5.54. The molecule has 23 heavy (non-hydrogen) atoms. The van der Waals surface area contributed by atoms with Crippen LogP contribution in [0.5, 0.6) is 0 Å². The lowest BCUT2D eigenvalue weighted by Crippen LogP contribution is -2.13. The molecule has 1 aromatic heterocycles. The number of carboxylic acids is 1. The lowest BCUT2D eigenvalue weighted by molar-refractivity contribution is -0.131. The molecule has 0 radical (unpaired) electrons. The number of fused-ring (bicyclic) bond motifs is 1. The highest BCUT2D eigenvalue weighted by Crippen LogP contribution is 2.37. The van der Waals surface area contributed by atoms with Gasteiger partial charge >= 0.3 is 5.97 Å². The van der Waals surface area contributed by atoms with E-state index in [1.807, 2.05) is 19.1 Å². The van der Waals surface area contributed by atoms with Crippen molar-refractivity contribution in [3.8, 4) is 0 Å². The van der Waals surface area contributed by atoms with Gasteiger partial charge in [-0.15, -0.1) is 0 Å². The normalized spacial score (nSPS) is 22.3.